The van der Waals surface area contributed by atoms with E-state index in [0.717, 1.165) is 37.2 Å². The number of hydrogen-bond acceptors (Lipinski definition) is 2. The molecule has 22 heavy (non-hydrogen) atoms. The number of nitrogens with one attached hydrogen (secondary N) is 1. The molecule has 0 atom stereocenters. The summed E-state index contributed by atoms with van der Waals surface area (Å²) in [6.45, 7) is 2.98. The lowest BCUT2D eigenvalue weighted by atomic mass is 10.1. The van der Waals surface area contributed by atoms with Crippen molar-refractivity contribution < 1.29 is 9.53 Å². The quantitative estimate of drug-likeness (QED) is 0.671. The molecule has 0 aliphatic heterocycles. The Kier molecular flexibility index (Phi) is 7.27. The summed E-state index contributed by atoms with van der Waals surface area (Å²) in [5.41, 5.74) is 0.724. The zero-order chi connectivity index (χ0) is 15.6. The summed E-state index contributed by atoms with van der Waals surface area (Å²) in [5.74, 6) is 0.894. The summed E-state index contributed by atoms with van der Waals surface area (Å²) < 4.78 is 5.72. The maximum Gasteiger partial charge on any atom is 0.251 e. The van der Waals surface area contributed by atoms with Gasteiger partial charge in [-0.2, -0.15) is 0 Å². The maximum absolute atomic E-state index is 12.1. The highest BCUT2D eigenvalue weighted by atomic mass is 16.5. The highest BCUT2D eigenvalue weighted by molar-refractivity contribution is 5.94. The van der Waals surface area contributed by atoms with Crippen molar-refractivity contribution in [3.63, 3.8) is 0 Å². The molecule has 1 fully saturated rings. The van der Waals surface area contributed by atoms with Gasteiger partial charge in [0.25, 0.3) is 5.91 Å². The van der Waals surface area contributed by atoms with E-state index in [9.17, 15) is 4.79 Å². The predicted molar refractivity (Wildman–Crippen MR) is 90.4 cm³/mol. The lowest BCUT2D eigenvalue weighted by Gasteiger charge is -2.12. The molecule has 1 amide bonds. The topological polar surface area (TPSA) is 38.3 Å². The summed E-state index contributed by atoms with van der Waals surface area (Å²) in [7, 11) is 0. The van der Waals surface area contributed by atoms with Crippen LogP contribution in [0, 0.1) is 0 Å². The van der Waals surface area contributed by atoms with Gasteiger partial charge in [0.05, 0.1) is 6.61 Å². The average molecular weight is 303 g/mol. The van der Waals surface area contributed by atoms with E-state index in [-0.39, 0.29) is 5.91 Å². The van der Waals surface area contributed by atoms with Crippen LogP contribution in [-0.2, 0) is 0 Å². The lowest BCUT2D eigenvalue weighted by molar-refractivity contribution is 0.0938. The van der Waals surface area contributed by atoms with Crippen molar-refractivity contribution in [2.75, 3.05) is 6.61 Å². The number of rotatable bonds is 9. The third kappa shape index (κ3) is 5.70. The van der Waals surface area contributed by atoms with E-state index in [1.165, 1.54) is 38.5 Å². The van der Waals surface area contributed by atoms with Gasteiger partial charge < -0.3 is 10.1 Å². The smallest absolute Gasteiger partial charge is 0.251 e. The van der Waals surface area contributed by atoms with E-state index < -0.39 is 0 Å². The highest BCUT2D eigenvalue weighted by Gasteiger charge is 2.17. The molecule has 0 saturated heterocycles. The van der Waals surface area contributed by atoms with Crippen LogP contribution in [0.4, 0.5) is 0 Å². The molecule has 1 aromatic rings. The Morgan fingerprint density at radius 1 is 1.09 bits per heavy atom. The van der Waals surface area contributed by atoms with Crippen LogP contribution in [0.3, 0.4) is 0 Å². The Labute approximate surface area is 134 Å². The molecular weight excluding hydrogens is 274 g/mol. The number of hydrogen-bond donors (Lipinski definition) is 1. The molecule has 1 aliphatic rings. The van der Waals surface area contributed by atoms with Crippen molar-refractivity contribution in [3.8, 4) is 5.75 Å². The normalized spacial score (nSPS) is 15.0. The van der Waals surface area contributed by atoms with Crippen LogP contribution in [0.15, 0.2) is 24.3 Å². The van der Waals surface area contributed by atoms with Gasteiger partial charge >= 0.3 is 0 Å². The zero-order valence-corrected chi connectivity index (χ0v) is 13.8. The van der Waals surface area contributed by atoms with Gasteiger partial charge in [0.1, 0.15) is 5.75 Å². The van der Waals surface area contributed by atoms with Gasteiger partial charge in [-0.05, 0) is 43.5 Å². The van der Waals surface area contributed by atoms with E-state index in [4.69, 9.17) is 4.74 Å². The van der Waals surface area contributed by atoms with Gasteiger partial charge in [-0.25, -0.2) is 0 Å². The lowest BCUT2D eigenvalue weighted by Crippen LogP contribution is -2.32. The number of benzene rings is 1. The van der Waals surface area contributed by atoms with Crippen LogP contribution in [0.25, 0.3) is 0 Å². The molecule has 0 bridgehead atoms. The monoisotopic (exact) mass is 303 g/mol. The van der Waals surface area contributed by atoms with Crippen molar-refractivity contribution in [3.05, 3.63) is 29.8 Å². The molecule has 2 rings (SSSR count). The second-order valence-corrected chi connectivity index (χ2v) is 6.24. The van der Waals surface area contributed by atoms with Crippen LogP contribution in [0.5, 0.6) is 5.75 Å². The molecule has 3 heteroatoms. The number of amides is 1. The molecule has 0 heterocycles. The fraction of sp³-hybridized carbons (Fsp3) is 0.632. The SMILES string of the molecule is CCCCCCCOc1ccc(C(=O)NC2CCCC2)cc1. The molecule has 1 N–H and O–H groups in total. The predicted octanol–water partition coefficient (Wildman–Crippen LogP) is 4.71. The summed E-state index contributed by atoms with van der Waals surface area (Å²) in [4.78, 5) is 12.1. The Morgan fingerprint density at radius 2 is 1.77 bits per heavy atom. The van der Waals surface area contributed by atoms with E-state index in [1.54, 1.807) is 0 Å². The molecular formula is C19H29NO2. The van der Waals surface area contributed by atoms with Gasteiger partial charge in [-0.3, -0.25) is 4.79 Å². The van der Waals surface area contributed by atoms with Crippen molar-refractivity contribution in [2.24, 2.45) is 0 Å². The van der Waals surface area contributed by atoms with Crippen LogP contribution >= 0.6 is 0 Å². The fourth-order valence-corrected chi connectivity index (χ4v) is 2.94. The van der Waals surface area contributed by atoms with Crippen molar-refractivity contribution in [2.45, 2.75) is 70.8 Å². The fourth-order valence-electron chi connectivity index (χ4n) is 2.94. The van der Waals surface area contributed by atoms with Gasteiger partial charge in [0.15, 0.2) is 0 Å². The van der Waals surface area contributed by atoms with Crippen LogP contribution in [0.2, 0.25) is 0 Å². The minimum absolute atomic E-state index is 0.0398. The molecule has 0 unspecified atom stereocenters. The van der Waals surface area contributed by atoms with Gasteiger partial charge in [-0.15, -0.1) is 0 Å². The van der Waals surface area contributed by atoms with E-state index >= 15 is 0 Å². The van der Waals surface area contributed by atoms with Crippen LogP contribution < -0.4 is 10.1 Å². The first-order chi connectivity index (χ1) is 10.8. The summed E-state index contributed by atoms with van der Waals surface area (Å²) in [6, 6.07) is 7.88. The molecule has 1 aromatic carbocycles. The number of ether oxygens (including phenoxy) is 1. The second kappa shape index (κ2) is 9.50. The van der Waals surface area contributed by atoms with E-state index in [2.05, 4.69) is 12.2 Å². The molecule has 3 nitrogen and oxygen atoms in total. The van der Waals surface area contributed by atoms with E-state index in [0.29, 0.717) is 6.04 Å². The average Bonchev–Trinajstić information content (AvgIpc) is 3.04. The highest BCUT2D eigenvalue weighted by Crippen LogP contribution is 2.19. The van der Waals surface area contributed by atoms with Crippen LogP contribution in [-0.4, -0.2) is 18.6 Å². The van der Waals surface area contributed by atoms with Gasteiger partial charge in [-0.1, -0.05) is 45.4 Å². The summed E-state index contributed by atoms with van der Waals surface area (Å²) in [5, 5.41) is 3.11. The van der Waals surface area contributed by atoms with Crippen molar-refractivity contribution >= 4 is 5.91 Å². The minimum Gasteiger partial charge on any atom is -0.494 e. The zero-order valence-electron chi connectivity index (χ0n) is 13.8. The Bertz CT molecular complexity index is 435. The second-order valence-electron chi connectivity index (χ2n) is 6.24. The van der Waals surface area contributed by atoms with Crippen molar-refractivity contribution in [1.29, 1.82) is 0 Å². The molecule has 1 saturated carbocycles. The molecule has 122 valence electrons. The Balaban J connectivity index is 1.69. The van der Waals surface area contributed by atoms with E-state index in [1.807, 2.05) is 24.3 Å². The van der Waals surface area contributed by atoms with Crippen molar-refractivity contribution in [1.82, 2.24) is 5.32 Å². The standard InChI is InChI=1S/C19H29NO2/c1-2-3-4-5-8-15-22-18-13-11-16(12-14-18)19(21)20-17-9-6-7-10-17/h11-14,17H,2-10,15H2,1H3,(H,20,21). The first-order valence-electron chi connectivity index (χ1n) is 8.83. The third-order valence-corrected chi connectivity index (χ3v) is 4.32. The van der Waals surface area contributed by atoms with Gasteiger partial charge in [0, 0.05) is 11.6 Å². The molecule has 0 aromatic heterocycles. The first-order valence-corrected chi connectivity index (χ1v) is 8.83. The maximum atomic E-state index is 12.1. The first kappa shape index (κ1) is 16.9. The van der Waals surface area contributed by atoms with Gasteiger partial charge in [0.2, 0.25) is 0 Å². The molecule has 0 radical (unpaired) electrons. The molecule has 1 aliphatic carbocycles. The summed E-state index contributed by atoms with van der Waals surface area (Å²) >= 11 is 0. The molecule has 0 spiro atoms. The Morgan fingerprint density at radius 3 is 2.45 bits per heavy atom. The minimum atomic E-state index is 0.0398. The third-order valence-electron chi connectivity index (χ3n) is 4.32. The number of carbonyl (C=O) groups is 1. The summed E-state index contributed by atoms with van der Waals surface area (Å²) in [6.07, 6.45) is 10.9. The Hall–Kier alpha value is -1.51. The largest absolute Gasteiger partial charge is 0.494 e. The van der Waals surface area contributed by atoms with Crippen LogP contribution in [0.1, 0.15) is 75.1 Å². The number of unbranched alkanes of at least 4 members (excludes halogenated alkanes) is 4. The number of carbonyl (C=O) groups excluding carboxylic acids is 1.